The Kier molecular flexibility index (Phi) is 3.87. The summed E-state index contributed by atoms with van der Waals surface area (Å²) in [6.45, 7) is 6.34. The molecule has 0 radical (unpaired) electrons. The summed E-state index contributed by atoms with van der Waals surface area (Å²) in [5.74, 6) is 1.36. The zero-order valence-electron chi connectivity index (χ0n) is 12.3. The van der Waals surface area contributed by atoms with Gasteiger partial charge in [-0.15, -0.1) is 0 Å². The fourth-order valence-electron chi connectivity index (χ4n) is 2.25. The summed E-state index contributed by atoms with van der Waals surface area (Å²) >= 11 is 0. The second-order valence-corrected chi connectivity index (χ2v) is 5.84. The van der Waals surface area contributed by atoms with Crippen molar-refractivity contribution in [2.45, 2.75) is 45.1 Å². The first-order valence-corrected chi connectivity index (χ1v) is 7.55. The lowest BCUT2D eigenvalue weighted by Crippen LogP contribution is -2.20. The Balaban J connectivity index is 1.61. The van der Waals surface area contributed by atoms with Crippen LogP contribution >= 0.6 is 0 Å². The minimum atomic E-state index is 0.436. The zero-order valence-corrected chi connectivity index (χ0v) is 12.3. The Bertz CT molecular complexity index is 571. The molecule has 2 aromatic rings. The molecule has 0 amide bonds. The fraction of sp³-hybridized carbons (Fsp3) is 0.600. The molecule has 2 N–H and O–H groups in total. The highest BCUT2D eigenvalue weighted by molar-refractivity contribution is 5.67. The van der Waals surface area contributed by atoms with Crippen LogP contribution < -0.4 is 10.6 Å². The number of hydrogen-bond donors (Lipinski definition) is 2. The lowest BCUT2D eigenvalue weighted by atomic mass is 10.1. The van der Waals surface area contributed by atoms with Crippen molar-refractivity contribution < 1.29 is 0 Å². The molecule has 0 bridgehead atoms. The maximum absolute atomic E-state index is 4.57. The first kappa shape index (κ1) is 13.4. The molecule has 108 valence electrons. The monoisotopic (exact) mass is 273 g/mol. The van der Waals surface area contributed by atoms with Gasteiger partial charge in [0.05, 0.1) is 5.69 Å². The number of fused-ring (bicyclic) bond motifs is 1. The average Bonchev–Trinajstić information content (AvgIpc) is 3.14. The number of aromatic nitrogens is 3. The van der Waals surface area contributed by atoms with Gasteiger partial charge in [-0.2, -0.15) is 5.10 Å². The molecule has 2 heterocycles. The molecule has 3 rings (SSSR count). The number of rotatable bonds is 7. The quantitative estimate of drug-likeness (QED) is 0.761. The molecule has 1 fully saturated rings. The van der Waals surface area contributed by atoms with Gasteiger partial charge in [0.2, 0.25) is 0 Å². The van der Waals surface area contributed by atoms with Gasteiger partial charge in [0.15, 0.2) is 5.82 Å². The van der Waals surface area contributed by atoms with E-state index in [2.05, 4.69) is 40.6 Å². The van der Waals surface area contributed by atoms with Crippen molar-refractivity contribution in [3.05, 3.63) is 24.2 Å². The maximum atomic E-state index is 4.57. The van der Waals surface area contributed by atoms with Crippen molar-refractivity contribution in [1.29, 1.82) is 0 Å². The van der Waals surface area contributed by atoms with Crippen LogP contribution in [0.1, 0.15) is 44.7 Å². The highest BCUT2D eigenvalue weighted by Crippen LogP contribution is 2.20. The van der Waals surface area contributed by atoms with Crippen molar-refractivity contribution in [2.75, 3.05) is 18.4 Å². The SMILES string of the molecule is CC(C)c1cc2c(NCCCNC3CC3)nccn2n1. The summed E-state index contributed by atoms with van der Waals surface area (Å²) in [5, 5.41) is 11.5. The van der Waals surface area contributed by atoms with Crippen molar-refractivity contribution in [1.82, 2.24) is 19.9 Å². The molecule has 0 aliphatic heterocycles. The van der Waals surface area contributed by atoms with E-state index < -0.39 is 0 Å². The molecular weight excluding hydrogens is 250 g/mol. The van der Waals surface area contributed by atoms with Gasteiger partial charge < -0.3 is 10.6 Å². The average molecular weight is 273 g/mol. The first-order chi connectivity index (χ1) is 9.74. The molecule has 5 heteroatoms. The van der Waals surface area contributed by atoms with Gasteiger partial charge in [-0.05, 0) is 37.8 Å². The van der Waals surface area contributed by atoms with E-state index >= 15 is 0 Å². The minimum Gasteiger partial charge on any atom is -0.368 e. The first-order valence-electron chi connectivity index (χ1n) is 7.55. The standard InChI is InChI=1S/C15H23N5/c1-11(2)13-10-14-15(18-8-9-20(14)19-13)17-7-3-6-16-12-4-5-12/h8-12,16H,3-7H2,1-2H3,(H,17,18). The van der Waals surface area contributed by atoms with Gasteiger partial charge in [0.1, 0.15) is 5.52 Å². The number of anilines is 1. The van der Waals surface area contributed by atoms with E-state index in [0.717, 1.165) is 42.6 Å². The molecule has 0 aromatic carbocycles. The Morgan fingerprint density at radius 3 is 2.95 bits per heavy atom. The smallest absolute Gasteiger partial charge is 0.152 e. The van der Waals surface area contributed by atoms with Gasteiger partial charge in [-0.25, -0.2) is 9.50 Å². The maximum Gasteiger partial charge on any atom is 0.152 e. The third-order valence-corrected chi connectivity index (χ3v) is 3.66. The second-order valence-electron chi connectivity index (χ2n) is 5.84. The van der Waals surface area contributed by atoms with Crippen LogP contribution in [0.25, 0.3) is 5.52 Å². The van der Waals surface area contributed by atoms with E-state index in [-0.39, 0.29) is 0 Å². The van der Waals surface area contributed by atoms with Crippen molar-refractivity contribution >= 4 is 11.3 Å². The second kappa shape index (κ2) is 5.79. The van der Waals surface area contributed by atoms with Crippen molar-refractivity contribution in [3.63, 3.8) is 0 Å². The van der Waals surface area contributed by atoms with Crippen molar-refractivity contribution in [2.24, 2.45) is 0 Å². The van der Waals surface area contributed by atoms with Gasteiger partial charge in [-0.1, -0.05) is 13.8 Å². The van der Waals surface area contributed by atoms with E-state index in [1.54, 1.807) is 6.20 Å². The van der Waals surface area contributed by atoms with Crippen LogP contribution in [0.5, 0.6) is 0 Å². The van der Waals surface area contributed by atoms with Crippen molar-refractivity contribution in [3.8, 4) is 0 Å². The van der Waals surface area contributed by atoms with Gasteiger partial charge in [0.25, 0.3) is 0 Å². The molecule has 2 aromatic heterocycles. The summed E-state index contributed by atoms with van der Waals surface area (Å²) in [5.41, 5.74) is 2.17. The summed E-state index contributed by atoms with van der Waals surface area (Å²) in [6, 6.07) is 2.92. The van der Waals surface area contributed by atoms with E-state index in [1.807, 2.05) is 10.7 Å². The summed E-state index contributed by atoms with van der Waals surface area (Å²) in [6.07, 6.45) is 7.52. The zero-order chi connectivity index (χ0) is 13.9. The molecule has 0 saturated heterocycles. The fourth-order valence-corrected chi connectivity index (χ4v) is 2.25. The molecule has 20 heavy (non-hydrogen) atoms. The topological polar surface area (TPSA) is 54.2 Å². The van der Waals surface area contributed by atoms with Gasteiger partial charge in [-0.3, -0.25) is 0 Å². The predicted octanol–water partition coefficient (Wildman–Crippen LogP) is 2.41. The van der Waals surface area contributed by atoms with Crippen LogP contribution in [0.4, 0.5) is 5.82 Å². The highest BCUT2D eigenvalue weighted by Gasteiger charge is 2.19. The Hall–Kier alpha value is -1.62. The number of nitrogens with one attached hydrogen (secondary N) is 2. The van der Waals surface area contributed by atoms with Crippen LogP contribution in [0.3, 0.4) is 0 Å². The Morgan fingerprint density at radius 1 is 1.35 bits per heavy atom. The van der Waals surface area contributed by atoms with Crippen LogP contribution in [-0.4, -0.2) is 33.7 Å². The highest BCUT2D eigenvalue weighted by atomic mass is 15.2. The van der Waals surface area contributed by atoms with Crippen LogP contribution in [0.2, 0.25) is 0 Å². The predicted molar refractivity (Wildman–Crippen MR) is 81.2 cm³/mol. The summed E-state index contributed by atoms with van der Waals surface area (Å²) < 4.78 is 1.91. The molecule has 1 aliphatic carbocycles. The van der Waals surface area contributed by atoms with Crippen LogP contribution in [-0.2, 0) is 0 Å². The van der Waals surface area contributed by atoms with E-state index in [9.17, 15) is 0 Å². The van der Waals surface area contributed by atoms with E-state index in [0.29, 0.717) is 5.92 Å². The Morgan fingerprint density at radius 2 is 2.20 bits per heavy atom. The van der Waals surface area contributed by atoms with E-state index in [4.69, 9.17) is 0 Å². The van der Waals surface area contributed by atoms with Gasteiger partial charge >= 0.3 is 0 Å². The molecule has 1 aliphatic rings. The molecule has 1 saturated carbocycles. The molecule has 0 unspecified atom stereocenters. The molecular formula is C15H23N5. The molecule has 5 nitrogen and oxygen atoms in total. The Labute approximate surface area is 119 Å². The minimum absolute atomic E-state index is 0.436. The lowest BCUT2D eigenvalue weighted by molar-refractivity contribution is 0.658. The normalized spacial score (nSPS) is 15.2. The lowest BCUT2D eigenvalue weighted by Gasteiger charge is -2.07. The largest absolute Gasteiger partial charge is 0.368 e. The molecule has 0 spiro atoms. The molecule has 0 atom stereocenters. The third-order valence-electron chi connectivity index (χ3n) is 3.66. The summed E-state index contributed by atoms with van der Waals surface area (Å²) in [7, 11) is 0. The number of nitrogens with zero attached hydrogens (tertiary/aromatic N) is 3. The van der Waals surface area contributed by atoms with Gasteiger partial charge in [0, 0.05) is 25.0 Å². The third kappa shape index (κ3) is 3.10. The summed E-state index contributed by atoms with van der Waals surface area (Å²) in [4.78, 5) is 4.43. The van der Waals surface area contributed by atoms with Crippen LogP contribution in [0.15, 0.2) is 18.5 Å². The van der Waals surface area contributed by atoms with Crippen LogP contribution in [0, 0.1) is 0 Å². The number of hydrogen-bond acceptors (Lipinski definition) is 4. The van der Waals surface area contributed by atoms with E-state index in [1.165, 1.54) is 12.8 Å².